The Morgan fingerprint density at radius 1 is 1.16 bits per heavy atom. The monoisotopic (exact) mass is 258 g/mol. The summed E-state index contributed by atoms with van der Waals surface area (Å²) in [5, 5.41) is 5.18. The zero-order valence-corrected chi connectivity index (χ0v) is 10.8. The Kier molecular flexibility index (Phi) is 4.89. The average molecular weight is 258 g/mol. The molecule has 0 radical (unpaired) electrons. The van der Waals surface area contributed by atoms with Gasteiger partial charge in [0.2, 0.25) is 5.91 Å². The SMILES string of the molecule is NCCOCC(=O)NCc1cccc2ccccc12. The Morgan fingerprint density at radius 2 is 1.95 bits per heavy atom. The van der Waals surface area contributed by atoms with Crippen molar-refractivity contribution in [3.8, 4) is 0 Å². The number of carbonyl (C=O) groups excluding carboxylic acids is 1. The van der Waals surface area contributed by atoms with Gasteiger partial charge in [0.1, 0.15) is 6.61 Å². The molecule has 0 bridgehead atoms. The summed E-state index contributed by atoms with van der Waals surface area (Å²) in [6, 6.07) is 14.2. The summed E-state index contributed by atoms with van der Waals surface area (Å²) in [6.07, 6.45) is 0. The number of hydrogen-bond acceptors (Lipinski definition) is 3. The van der Waals surface area contributed by atoms with Crippen molar-refractivity contribution in [3.63, 3.8) is 0 Å². The van der Waals surface area contributed by atoms with E-state index < -0.39 is 0 Å². The van der Waals surface area contributed by atoms with E-state index >= 15 is 0 Å². The summed E-state index contributed by atoms with van der Waals surface area (Å²) < 4.78 is 5.08. The van der Waals surface area contributed by atoms with E-state index in [2.05, 4.69) is 23.5 Å². The van der Waals surface area contributed by atoms with E-state index in [-0.39, 0.29) is 12.5 Å². The third kappa shape index (κ3) is 3.77. The normalized spacial score (nSPS) is 10.6. The third-order valence-corrected chi connectivity index (χ3v) is 2.85. The van der Waals surface area contributed by atoms with Crippen LogP contribution in [-0.2, 0) is 16.1 Å². The van der Waals surface area contributed by atoms with Crippen molar-refractivity contribution in [3.05, 3.63) is 48.0 Å². The van der Waals surface area contributed by atoms with Crippen LogP contribution in [-0.4, -0.2) is 25.7 Å². The van der Waals surface area contributed by atoms with Crippen LogP contribution >= 0.6 is 0 Å². The molecule has 3 N–H and O–H groups in total. The minimum absolute atomic E-state index is 0.0575. The highest BCUT2D eigenvalue weighted by atomic mass is 16.5. The highest BCUT2D eigenvalue weighted by Gasteiger charge is 2.03. The number of nitrogens with two attached hydrogens (primary N) is 1. The predicted octanol–water partition coefficient (Wildman–Crippen LogP) is 1.43. The van der Waals surface area contributed by atoms with Crippen molar-refractivity contribution in [1.82, 2.24) is 5.32 Å². The Hall–Kier alpha value is -1.91. The van der Waals surface area contributed by atoms with Gasteiger partial charge in [0.05, 0.1) is 6.61 Å². The average Bonchev–Trinajstić information content (AvgIpc) is 2.45. The molecule has 0 heterocycles. The van der Waals surface area contributed by atoms with Gasteiger partial charge >= 0.3 is 0 Å². The molecule has 1 amide bonds. The lowest BCUT2D eigenvalue weighted by Gasteiger charge is -2.08. The van der Waals surface area contributed by atoms with E-state index in [9.17, 15) is 4.79 Å². The van der Waals surface area contributed by atoms with Gasteiger partial charge in [-0.25, -0.2) is 0 Å². The first-order valence-electron chi connectivity index (χ1n) is 6.32. The van der Waals surface area contributed by atoms with Crippen LogP contribution in [0.5, 0.6) is 0 Å². The van der Waals surface area contributed by atoms with E-state index in [0.29, 0.717) is 19.7 Å². The van der Waals surface area contributed by atoms with E-state index in [1.54, 1.807) is 0 Å². The van der Waals surface area contributed by atoms with E-state index in [1.165, 1.54) is 5.39 Å². The molecule has 0 saturated heterocycles. The van der Waals surface area contributed by atoms with Gasteiger partial charge in [-0.3, -0.25) is 4.79 Å². The molecule has 2 aromatic carbocycles. The molecular weight excluding hydrogens is 240 g/mol. The minimum atomic E-state index is -0.124. The third-order valence-electron chi connectivity index (χ3n) is 2.85. The number of rotatable bonds is 6. The summed E-state index contributed by atoms with van der Waals surface area (Å²) in [6.45, 7) is 1.40. The van der Waals surface area contributed by atoms with Crippen LogP contribution in [0.15, 0.2) is 42.5 Å². The summed E-state index contributed by atoms with van der Waals surface area (Å²) in [5.41, 5.74) is 6.39. The molecule has 19 heavy (non-hydrogen) atoms. The lowest BCUT2D eigenvalue weighted by atomic mass is 10.0. The number of benzene rings is 2. The van der Waals surface area contributed by atoms with Gasteiger partial charge in [0.25, 0.3) is 0 Å². The van der Waals surface area contributed by atoms with Crippen LogP contribution in [0.1, 0.15) is 5.56 Å². The van der Waals surface area contributed by atoms with Crippen molar-refractivity contribution >= 4 is 16.7 Å². The molecule has 0 aliphatic heterocycles. The fourth-order valence-electron chi connectivity index (χ4n) is 1.94. The Bertz CT molecular complexity index is 549. The van der Waals surface area contributed by atoms with Crippen LogP contribution < -0.4 is 11.1 Å². The maximum atomic E-state index is 11.6. The summed E-state index contributed by atoms with van der Waals surface area (Å²) in [7, 11) is 0. The topological polar surface area (TPSA) is 64.3 Å². The van der Waals surface area contributed by atoms with Crippen molar-refractivity contribution in [1.29, 1.82) is 0 Å². The lowest BCUT2D eigenvalue weighted by Crippen LogP contribution is -2.28. The molecule has 0 saturated carbocycles. The fourth-order valence-corrected chi connectivity index (χ4v) is 1.94. The molecule has 0 atom stereocenters. The molecule has 0 fully saturated rings. The maximum absolute atomic E-state index is 11.6. The predicted molar refractivity (Wildman–Crippen MR) is 75.7 cm³/mol. The standard InChI is InChI=1S/C15H18N2O2/c16-8-9-19-11-15(18)17-10-13-6-3-5-12-4-1-2-7-14(12)13/h1-7H,8-11,16H2,(H,17,18). The van der Waals surface area contributed by atoms with Crippen molar-refractivity contribution in [2.24, 2.45) is 5.73 Å². The molecule has 100 valence electrons. The number of ether oxygens (including phenoxy) is 1. The fraction of sp³-hybridized carbons (Fsp3) is 0.267. The molecule has 0 aliphatic rings. The van der Waals surface area contributed by atoms with Gasteiger partial charge in [-0.05, 0) is 16.3 Å². The number of amides is 1. The first-order valence-corrected chi connectivity index (χ1v) is 6.32. The lowest BCUT2D eigenvalue weighted by molar-refractivity contribution is -0.125. The number of carbonyl (C=O) groups is 1. The van der Waals surface area contributed by atoms with Crippen LogP contribution in [0.4, 0.5) is 0 Å². The largest absolute Gasteiger partial charge is 0.370 e. The Labute approximate surface area is 112 Å². The van der Waals surface area contributed by atoms with Gasteiger partial charge in [-0.15, -0.1) is 0 Å². The second kappa shape index (κ2) is 6.87. The highest BCUT2D eigenvalue weighted by Crippen LogP contribution is 2.18. The summed E-state index contributed by atoms with van der Waals surface area (Å²) >= 11 is 0. The molecule has 0 aromatic heterocycles. The van der Waals surface area contributed by atoms with Gasteiger partial charge in [-0.1, -0.05) is 42.5 Å². The van der Waals surface area contributed by atoms with Crippen LogP contribution in [0.25, 0.3) is 10.8 Å². The zero-order chi connectivity index (χ0) is 13.5. The van der Waals surface area contributed by atoms with Crippen LogP contribution in [0, 0.1) is 0 Å². The van der Waals surface area contributed by atoms with E-state index in [4.69, 9.17) is 10.5 Å². The molecular formula is C15H18N2O2. The molecule has 0 spiro atoms. The molecule has 2 rings (SSSR count). The van der Waals surface area contributed by atoms with Crippen molar-refractivity contribution in [2.75, 3.05) is 19.8 Å². The quantitative estimate of drug-likeness (QED) is 0.770. The van der Waals surface area contributed by atoms with Crippen molar-refractivity contribution < 1.29 is 9.53 Å². The molecule has 0 unspecified atom stereocenters. The van der Waals surface area contributed by atoms with Gasteiger partial charge in [0.15, 0.2) is 0 Å². The van der Waals surface area contributed by atoms with Gasteiger partial charge in [-0.2, -0.15) is 0 Å². The molecule has 4 nitrogen and oxygen atoms in total. The second-order valence-corrected chi connectivity index (χ2v) is 4.26. The second-order valence-electron chi connectivity index (χ2n) is 4.26. The maximum Gasteiger partial charge on any atom is 0.246 e. The molecule has 2 aromatic rings. The minimum Gasteiger partial charge on any atom is -0.370 e. The summed E-state index contributed by atoms with van der Waals surface area (Å²) in [4.78, 5) is 11.6. The molecule has 4 heteroatoms. The summed E-state index contributed by atoms with van der Waals surface area (Å²) in [5.74, 6) is -0.124. The molecule has 0 aliphatic carbocycles. The zero-order valence-electron chi connectivity index (χ0n) is 10.8. The Morgan fingerprint density at radius 3 is 2.79 bits per heavy atom. The van der Waals surface area contributed by atoms with Gasteiger partial charge in [0, 0.05) is 13.1 Å². The number of hydrogen-bond donors (Lipinski definition) is 2. The first-order chi connectivity index (χ1) is 9.31. The van der Waals surface area contributed by atoms with E-state index in [0.717, 1.165) is 10.9 Å². The highest BCUT2D eigenvalue weighted by molar-refractivity contribution is 5.86. The van der Waals surface area contributed by atoms with E-state index in [1.807, 2.05) is 24.3 Å². The Balaban J connectivity index is 1.96. The number of fused-ring (bicyclic) bond motifs is 1. The number of nitrogens with one attached hydrogen (secondary N) is 1. The van der Waals surface area contributed by atoms with Crippen LogP contribution in [0.3, 0.4) is 0 Å². The smallest absolute Gasteiger partial charge is 0.246 e. The van der Waals surface area contributed by atoms with Crippen LogP contribution in [0.2, 0.25) is 0 Å². The van der Waals surface area contributed by atoms with Crippen molar-refractivity contribution in [2.45, 2.75) is 6.54 Å². The first kappa shape index (κ1) is 13.5. The van der Waals surface area contributed by atoms with Gasteiger partial charge < -0.3 is 15.8 Å².